The zero-order valence-electron chi connectivity index (χ0n) is 9.33. The minimum atomic E-state index is -0.764. The Morgan fingerprint density at radius 2 is 2.06 bits per heavy atom. The van der Waals surface area contributed by atoms with E-state index in [1.54, 1.807) is 0 Å². The normalized spacial score (nSPS) is 35.8. The molecule has 1 heterocycles. The van der Waals surface area contributed by atoms with Gasteiger partial charge in [-0.15, -0.1) is 0 Å². The molecule has 4 nitrogen and oxygen atoms in total. The first kappa shape index (κ1) is 10.7. The Kier molecular flexibility index (Phi) is 2.42. The maximum atomic E-state index is 11.2. The molecule has 0 bridgehead atoms. The molecular weight excluding hydrogens is 220 g/mol. The van der Waals surface area contributed by atoms with Gasteiger partial charge >= 0.3 is 5.97 Å². The smallest absolute Gasteiger partial charge is 0.312 e. The molecule has 1 aromatic rings. The van der Waals surface area contributed by atoms with Crippen LogP contribution in [0.5, 0.6) is 0 Å². The Morgan fingerprint density at radius 3 is 2.76 bits per heavy atom. The maximum absolute atomic E-state index is 11.2. The van der Waals surface area contributed by atoms with Crippen LogP contribution in [0, 0.1) is 11.3 Å². The summed E-state index contributed by atoms with van der Waals surface area (Å²) < 4.78 is 11.2. The molecule has 0 radical (unpaired) electrons. The fourth-order valence-corrected chi connectivity index (χ4v) is 2.38. The number of ether oxygens (including phenoxy) is 2. The van der Waals surface area contributed by atoms with Crippen LogP contribution in [-0.2, 0) is 14.3 Å². The van der Waals surface area contributed by atoms with Crippen LogP contribution in [0.1, 0.15) is 18.3 Å². The lowest BCUT2D eigenvalue weighted by Gasteiger charge is -2.17. The maximum Gasteiger partial charge on any atom is 0.312 e. The Balaban J connectivity index is 1.75. The number of aliphatic carboxylic acids is 1. The van der Waals surface area contributed by atoms with Gasteiger partial charge in [0.2, 0.25) is 0 Å². The summed E-state index contributed by atoms with van der Waals surface area (Å²) >= 11 is 0. The van der Waals surface area contributed by atoms with Crippen molar-refractivity contribution in [2.45, 2.75) is 12.7 Å². The van der Waals surface area contributed by atoms with Crippen LogP contribution in [0.2, 0.25) is 0 Å². The van der Waals surface area contributed by atoms with E-state index in [0.717, 1.165) is 5.56 Å². The van der Waals surface area contributed by atoms with Gasteiger partial charge in [0, 0.05) is 11.5 Å². The molecule has 1 saturated carbocycles. The van der Waals surface area contributed by atoms with E-state index in [-0.39, 0.29) is 12.5 Å². The Morgan fingerprint density at radius 1 is 1.29 bits per heavy atom. The molecule has 1 saturated heterocycles. The number of hydrogen-bond donors (Lipinski definition) is 1. The van der Waals surface area contributed by atoms with E-state index >= 15 is 0 Å². The van der Waals surface area contributed by atoms with E-state index in [4.69, 9.17) is 9.47 Å². The zero-order chi connectivity index (χ0) is 11.9. The molecule has 0 amide bonds. The van der Waals surface area contributed by atoms with Gasteiger partial charge in [-0.05, 0) is 6.42 Å². The van der Waals surface area contributed by atoms with Gasteiger partial charge < -0.3 is 14.6 Å². The summed E-state index contributed by atoms with van der Waals surface area (Å²) in [6.45, 7) is 0.707. The summed E-state index contributed by atoms with van der Waals surface area (Å²) in [5.41, 5.74) is 0.248. The molecule has 1 aliphatic carbocycles. The number of fused-ring (bicyclic) bond motifs is 1. The number of hydrogen-bond acceptors (Lipinski definition) is 3. The summed E-state index contributed by atoms with van der Waals surface area (Å²) in [6.07, 6.45) is 0.240. The van der Waals surface area contributed by atoms with Crippen LogP contribution >= 0.6 is 0 Å². The molecule has 1 aromatic carbocycles. The van der Waals surface area contributed by atoms with Gasteiger partial charge in [-0.1, -0.05) is 30.3 Å². The Hall–Kier alpha value is -1.39. The predicted molar refractivity (Wildman–Crippen MR) is 59.3 cm³/mol. The van der Waals surface area contributed by atoms with Crippen molar-refractivity contribution in [1.29, 1.82) is 0 Å². The fourth-order valence-electron chi connectivity index (χ4n) is 2.38. The molecule has 2 fully saturated rings. The number of carboxylic acid groups (broad SMARTS) is 1. The highest BCUT2D eigenvalue weighted by molar-refractivity contribution is 5.79. The number of benzene rings is 1. The summed E-state index contributed by atoms with van der Waals surface area (Å²) in [5, 5.41) is 9.19. The van der Waals surface area contributed by atoms with Gasteiger partial charge in [0.05, 0.1) is 18.6 Å². The first-order valence-electron chi connectivity index (χ1n) is 5.74. The molecule has 1 N–H and O–H groups in total. The van der Waals surface area contributed by atoms with Crippen molar-refractivity contribution in [2.24, 2.45) is 11.3 Å². The van der Waals surface area contributed by atoms with Crippen LogP contribution in [0.15, 0.2) is 30.3 Å². The minimum Gasteiger partial charge on any atom is -0.481 e. The van der Waals surface area contributed by atoms with Gasteiger partial charge in [-0.2, -0.15) is 0 Å². The lowest BCUT2D eigenvalue weighted by atomic mass is 10.1. The zero-order valence-corrected chi connectivity index (χ0v) is 9.33. The summed E-state index contributed by atoms with van der Waals surface area (Å²) in [7, 11) is 0. The van der Waals surface area contributed by atoms with Crippen molar-refractivity contribution in [2.75, 3.05) is 13.2 Å². The van der Waals surface area contributed by atoms with Crippen molar-refractivity contribution in [1.82, 2.24) is 0 Å². The molecule has 90 valence electrons. The summed E-state index contributed by atoms with van der Waals surface area (Å²) in [4.78, 5) is 11.2. The summed E-state index contributed by atoms with van der Waals surface area (Å²) in [5.74, 6) is -0.659. The van der Waals surface area contributed by atoms with Crippen LogP contribution in [0.25, 0.3) is 0 Å². The molecular formula is C13H14O4. The van der Waals surface area contributed by atoms with Gasteiger partial charge in [0.25, 0.3) is 0 Å². The van der Waals surface area contributed by atoms with Gasteiger partial charge in [0.15, 0.2) is 6.29 Å². The van der Waals surface area contributed by atoms with Crippen molar-refractivity contribution >= 4 is 5.97 Å². The standard InChI is InChI=1S/C13H14O4/c14-12(15)13-6-10(13)7-16-11(17-8-13)9-4-2-1-3-5-9/h1-5,10-11H,6-8H2,(H,14,15)/t10-,11?,13-/m0/s1. The average Bonchev–Trinajstić information content (AvgIpc) is 3.05. The average molecular weight is 234 g/mol. The molecule has 2 aliphatic rings. The van der Waals surface area contributed by atoms with Gasteiger partial charge in [-0.25, -0.2) is 0 Å². The van der Waals surface area contributed by atoms with Crippen LogP contribution in [-0.4, -0.2) is 24.3 Å². The molecule has 0 spiro atoms. The molecule has 17 heavy (non-hydrogen) atoms. The van der Waals surface area contributed by atoms with Crippen LogP contribution in [0.3, 0.4) is 0 Å². The van der Waals surface area contributed by atoms with E-state index in [1.807, 2.05) is 30.3 Å². The second kappa shape index (κ2) is 3.82. The third-order valence-corrected chi connectivity index (χ3v) is 3.67. The van der Waals surface area contributed by atoms with Crippen LogP contribution in [0.4, 0.5) is 0 Å². The fraction of sp³-hybridized carbons (Fsp3) is 0.462. The molecule has 1 unspecified atom stereocenters. The van der Waals surface area contributed by atoms with Crippen molar-refractivity contribution in [3.05, 3.63) is 35.9 Å². The second-order valence-corrected chi connectivity index (χ2v) is 4.75. The number of carbonyl (C=O) groups is 1. The second-order valence-electron chi connectivity index (χ2n) is 4.75. The molecule has 1 aliphatic heterocycles. The molecule has 3 rings (SSSR count). The third-order valence-electron chi connectivity index (χ3n) is 3.67. The highest BCUT2D eigenvalue weighted by Crippen LogP contribution is 2.55. The molecule has 4 heteroatoms. The van der Waals surface area contributed by atoms with E-state index in [2.05, 4.69) is 0 Å². The minimum absolute atomic E-state index is 0.105. The SMILES string of the molecule is O=C(O)[C@@]12COC(c3ccccc3)OC[C@@H]1C2. The van der Waals surface area contributed by atoms with E-state index in [1.165, 1.54) is 0 Å². The lowest BCUT2D eigenvalue weighted by Crippen LogP contribution is -2.23. The van der Waals surface area contributed by atoms with Crippen molar-refractivity contribution in [3.8, 4) is 0 Å². The third kappa shape index (κ3) is 1.73. The first-order chi connectivity index (χ1) is 8.22. The largest absolute Gasteiger partial charge is 0.481 e. The highest BCUT2D eigenvalue weighted by atomic mass is 16.7. The van der Waals surface area contributed by atoms with E-state index in [0.29, 0.717) is 13.0 Å². The van der Waals surface area contributed by atoms with Crippen molar-refractivity contribution < 1.29 is 19.4 Å². The van der Waals surface area contributed by atoms with Crippen LogP contribution < -0.4 is 0 Å². The first-order valence-corrected chi connectivity index (χ1v) is 5.74. The van der Waals surface area contributed by atoms with E-state index < -0.39 is 17.7 Å². The number of carboxylic acids is 1. The lowest BCUT2D eigenvalue weighted by molar-refractivity contribution is -0.156. The summed E-state index contributed by atoms with van der Waals surface area (Å²) in [6, 6.07) is 9.61. The quantitative estimate of drug-likeness (QED) is 0.848. The molecule has 0 aromatic heterocycles. The topological polar surface area (TPSA) is 55.8 Å². The van der Waals surface area contributed by atoms with Gasteiger partial charge in [0.1, 0.15) is 0 Å². The molecule has 3 atom stereocenters. The van der Waals surface area contributed by atoms with E-state index in [9.17, 15) is 9.90 Å². The van der Waals surface area contributed by atoms with Gasteiger partial charge in [-0.3, -0.25) is 4.79 Å². The number of rotatable bonds is 2. The Labute approximate surface area is 99.2 Å². The monoisotopic (exact) mass is 234 g/mol. The van der Waals surface area contributed by atoms with Crippen molar-refractivity contribution in [3.63, 3.8) is 0 Å². The Bertz CT molecular complexity index is 430. The highest BCUT2D eigenvalue weighted by Gasteiger charge is 2.62. The predicted octanol–water partition coefficient (Wildman–Crippen LogP) is 1.82.